The Morgan fingerprint density at radius 2 is 2.05 bits per heavy atom. The van der Waals surface area contributed by atoms with E-state index in [0.717, 1.165) is 29.3 Å². The van der Waals surface area contributed by atoms with Crippen LogP contribution in [0.15, 0.2) is 24.4 Å². The predicted molar refractivity (Wildman–Crippen MR) is 78.4 cm³/mol. The summed E-state index contributed by atoms with van der Waals surface area (Å²) in [6.45, 7) is 0. The molecule has 1 aromatic heterocycles. The molecule has 2 bridgehead atoms. The number of nitrogens with one attached hydrogen (secondary N) is 1. The van der Waals surface area contributed by atoms with Crippen molar-refractivity contribution in [2.45, 2.75) is 49.8 Å². The predicted octanol–water partition coefficient (Wildman–Crippen LogP) is 2.07. The molecule has 2 fully saturated rings. The van der Waals surface area contributed by atoms with E-state index in [1.807, 2.05) is 17.9 Å². The molecular weight excluding hydrogens is 250 g/mol. The first-order valence-corrected chi connectivity index (χ1v) is 7.55. The Morgan fingerprint density at radius 1 is 1.30 bits per heavy atom. The third-order valence-electron chi connectivity index (χ3n) is 4.90. The molecule has 2 atom stereocenters. The van der Waals surface area contributed by atoms with Crippen molar-refractivity contribution in [3.63, 3.8) is 0 Å². The third kappa shape index (κ3) is 1.95. The molecule has 1 aromatic carbocycles. The number of hydrogen-bond donors (Lipinski definition) is 2. The van der Waals surface area contributed by atoms with Crippen LogP contribution in [0.1, 0.15) is 37.7 Å². The van der Waals surface area contributed by atoms with Gasteiger partial charge >= 0.3 is 0 Å². The zero-order valence-corrected chi connectivity index (χ0v) is 11.8. The Balaban J connectivity index is 1.73. The number of aliphatic hydroxyl groups is 1. The van der Waals surface area contributed by atoms with Crippen LogP contribution in [0.5, 0.6) is 0 Å². The Morgan fingerprint density at radius 3 is 2.80 bits per heavy atom. The molecule has 0 spiro atoms. The summed E-state index contributed by atoms with van der Waals surface area (Å²) in [6.07, 6.45) is 7.32. The van der Waals surface area contributed by atoms with Gasteiger partial charge in [0.05, 0.1) is 11.1 Å². The summed E-state index contributed by atoms with van der Waals surface area (Å²) in [7, 11) is 1.93. The first-order chi connectivity index (χ1) is 9.62. The second kappa shape index (κ2) is 4.30. The highest BCUT2D eigenvalue weighted by Crippen LogP contribution is 2.40. The highest BCUT2D eigenvalue weighted by Gasteiger charge is 2.41. The lowest BCUT2D eigenvalue weighted by atomic mass is 9.74. The van der Waals surface area contributed by atoms with Gasteiger partial charge in [-0.3, -0.25) is 4.68 Å². The zero-order chi connectivity index (χ0) is 13.7. The van der Waals surface area contributed by atoms with Crippen LogP contribution >= 0.6 is 0 Å². The maximum Gasteiger partial charge on any atom is 0.0927 e. The van der Waals surface area contributed by atoms with Crippen LogP contribution in [0.4, 0.5) is 0 Å². The summed E-state index contributed by atoms with van der Waals surface area (Å²) in [5, 5.41) is 20.4. The average molecular weight is 271 g/mol. The molecule has 0 amide bonds. The Kier molecular flexibility index (Phi) is 2.66. The average Bonchev–Trinajstić information content (AvgIpc) is 2.77. The van der Waals surface area contributed by atoms with E-state index in [1.165, 1.54) is 19.3 Å². The number of nitrogens with zero attached hydrogens (tertiary/aromatic N) is 2. The van der Waals surface area contributed by atoms with Crippen molar-refractivity contribution >= 4 is 10.9 Å². The van der Waals surface area contributed by atoms with E-state index in [0.29, 0.717) is 12.1 Å². The van der Waals surface area contributed by atoms with Crippen molar-refractivity contribution in [3.8, 4) is 0 Å². The Hall–Kier alpha value is -1.39. The first-order valence-electron chi connectivity index (χ1n) is 7.55. The lowest BCUT2D eigenvalue weighted by molar-refractivity contribution is -0.0357. The lowest BCUT2D eigenvalue weighted by Gasteiger charge is -2.45. The second-order valence-corrected chi connectivity index (χ2v) is 6.51. The number of aryl methyl sites for hydroxylation is 1. The smallest absolute Gasteiger partial charge is 0.0927 e. The molecule has 4 nitrogen and oxygen atoms in total. The fraction of sp³-hybridized carbons (Fsp3) is 0.562. The quantitative estimate of drug-likeness (QED) is 0.835. The number of benzene rings is 1. The van der Waals surface area contributed by atoms with E-state index in [9.17, 15) is 5.11 Å². The van der Waals surface area contributed by atoms with Crippen LogP contribution in [0.3, 0.4) is 0 Å². The molecule has 2 unspecified atom stereocenters. The summed E-state index contributed by atoms with van der Waals surface area (Å²) in [4.78, 5) is 0. The molecule has 20 heavy (non-hydrogen) atoms. The molecular formula is C16H21N3O. The van der Waals surface area contributed by atoms with Crippen molar-refractivity contribution in [3.05, 3.63) is 30.0 Å². The van der Waals surface area contributed by atoms with Crippen LogP contribution < -0.4 is 5.32 Å². The molecule has 106 valence electrons. The van der Waals surface area contributed by atoms with Gasteiger partial charge in [0.2, 0.25) is 0 Å². The first kappa shape index (κ1) is 12.4. The second-order valence-electron chi connectivity index (χ2n) is 6.51. The van der Waals surface area contributed by atoms with Crippen LogP contribution in [0.2, 0.25) is 0 Å². The zero-order valence-electron chi connectivity index (χ0n) is 11.8. The molecule has 2 aromatic rings. The number of rotatable bonds is 1. The molecule has 0 saturated carbocycles. The minimum absolute atomic E-state index is 0.465. The van der Waals surface area contributed by atoms with Crippen LogP contribution in [0, 0.1) is 0 Å². The molecule has 2 saturated heterocycles. The maximum atomic E-state index is 11.1. The van der Waals surface area contributed by atoms with E-state index in [2.05, 4.69) is 28.6 Å². The van der Waals surface area contributed by atoms with Gasteiger partial charge in [-0.05, 0) is 37.3 Å². The molecule has 0 radical (unpaired) electrons. The number of aromatic nitrogens is 2. The number of fused-ring (bicyclic) bond motifs is 3. The molecule has 3 heterocycles. The van der Waals surface area contributed by atoms with Crippen molar-refractivity contribution < 1.29 is 5.11 Å². The minimum atomic E-state index is -0.688. The topological polar surface area (TPSA) is 50.1 Å². The Labute approximate surface area is 118 Å². The largest absolute Gasteiger partial charge is 0.385 e. The standard InChI is InChI=1S/C16H21N3O/c1-19-10-11-5-6-12(7-15(11)18-19)16(20)8-13-3-2-4-14(9-16)17-13/h5-7,10,13-14,17,20H,2-4,8-9H2,1H3. The van der Waals surface area contributed by atoms with Crippen molar-refractivity contribution in [2.75, 3.05) is 0 Å². The van der Waals surface area contributed by atoms with E-state index < -0.39 is 5.60 Å². The maximum absolute atomic E-state index is 11.1. The molecule has 2 aliphatic rings. The number of hydrogen-bond acceptors (Lipinski definition) is 3. The number of piperidine rings is 2. The van der Waals surface area contributed by atoms with Gasteiger partial charge in [0, 0.05) is 30.7 Å². The summed E-state index contributed by atoms with van der Waals surface area (Å²) >= 11 is 0. The van der Waals surface area contributed by atoms with E-state index in [4.69, 9.17) is 0 Å². The highest BCUT2D eigenvalue weighted by atomic mass is 16.3. The minimum Gasteiger partial charge on any atom is -0.385 e. The van der Waals surface area contributed by atoms with Gasteiger partial charge in [0.1, 0.15) is 0 Å². The van der Waals surface area contributed by atoms with E-state index >= 15 is 0 Å². The van der Waals surface area contributed by atoms with Gasteiger partial charge < -0.3 is 10.4 Å². The van der Waals surface area contributed by atoms with Crippen molar-refractivity contribution in [2.24, 2.45) is 7.05 Å². The molecule has 4 rings (SSSR count). The van der Waals surface area contributed by atoms with Gasteiger partial charge in [-0.25, -0.2) is 0 Å². The monoisotopic (exact) mass is 271 g/mol. The summed E-state index contributed by atoms with van der Waals surface area (Å²) in [6, 6.07) is 7.15. The fourth-order valence-electron chi connectivity index (χ4n) is 4.00. The Bertz CT molecular complexity index is 636. The van der Waals surface area contributed by atoms with Gasteiger partial charge in [-0.2, -0.15) is 5.10 Å². The van der Waals surface area contributed by atoms with Crippen molar-refractivity contribution in [1.82, 2.24) is 15.1 Å². The normalized spacial score (nSPS) is 33.5. The van der Waals surface area contributed by atoms with E-state index in [-0.39, 0.29) is 0 Å². The van der Waals surface area contributed by atoms with Crippen LogP contribution in [0.25, 0.3) is 10.9 Å². The summed E-state index contributed by atoms with van der Waals surface area (Å²) in [5.41, 5.74) is 1.32. The third-order valence-corrected chi connectivity index (χ3v) is 4.90. The summed E-state index contributed by atoms with van der Waals surface area (Å²) < 4.78 is 1.83. The van der Waals surface area contributed by atoms with Crippen molar-refractivity contribution in [1.29, 1.82) is 0 Å². The fourth-order valence-corrected chi connectivity index (χ4v) is 4.00. The van der Waals surface area contributed by atoms with Crippen LogP contribution in [-0.2, 0) is 12.6 Å². The molecule has 2 N–H and O–H groups in total. The lowest BCUT2D eigenvalue weighted by Crippen LogP contribution is -2.54. The van der Waals surface area contributed by atoms with Gasteiger partial charge in [0.15, 0.2) is 0 Å². The van der Waals surface area contributed by atoms with Gasteiger partial charge in [0.25, 0.3) is 0 Å². The highest BCUT2D eigenvalue weighted by molar-refractivity contribution is 5.78. The van der Waals surface area contributed by atoms with Crippen LogP contribution in [-0.4, -0.2) is 27.0 Å². The molecule has 0 aliphatic carbocycles. The summed E-state index contributed by atoms with van der Waals surface area (Å²) in [5.74, 6) is 0. The molecule has 4 heteroatoms. The van der Waals surface area contributed by atoms with Gasteiger partial charge in [-0.15, -0.1) is 0 Å². The van der Waals surface area contributed by atoms with E-state index in [1.54, 1.807) is 0 Å². The van der Waals surface area contributed by atoms with Gasteiger partial charge in [-0.1, -0.05) is 18.6 Å². The SMILES string of the molecule is Cn1cc2ccc(C3(O)CC4CCCC(C3)N4)cc2n1. The molecule has 2 aliphatic heterocycles.